The lowest BCUT2D eigenvalue weighted by Gasteiger charge is -2.09. The molecule has 142 valence electrons. The molecule has 4 N–H and O–H groups in total. The van der Waals surface area contributed by atoms with Crippen LogP contribution in [-0.4, -0.2) is 38.3 Å². The molecule has 27 heavy (non-hydrogen) atoms. The summed E-state index contributed by atoms with van der Waals surface area (Å²) >= 11 is 0. The number of ether oxygens (including phenoxy) is 2. The Labute approximate surface area is 157 Å². The van der Waals surface area contributed by atoms with E-state index in [0.717, 1.165) is 11.3 Å². The number of rotatable bonds is 9. The van der Waals surface area contributed by atoms with Crippen LogP contribution in [0.25, 0.3) is 0 Å². The van der Waals surface area contributed by atoms with Gasteiger partial charge in [-0.1, -0.05) is 12.1 Å². The summed E-state index contributed by atoms with van der Waals surface area (Å²) in [6.45, 7) is 1.84. The molecule has 0 saturated carbocycles. The van der Waals surface area contributed by atoms with Crippen LogP contribution in [0.3, 0.4) is 0 Å². The number of nitrogens with zero attached hydrogens (tertiary/aromatic N) is 1. The maximum absolute atomic E-state index is 11.8. The Morgan fingerprint density at radius 3 is 2.70 bits per heavy atom. The van der Waals surface area contributed by atoms with Gasteiger partial charge in [0.1, 0.15) is 0 Å². The molecule has 0 saturated heterocycles. The van der Waals surface area contributed by atoms with Crippen molar-refractivity contribution in [3.8, 4) is 11.5 Å². The summed E-state index contributed by atoms with van der Waals surface area (Å²) in [7, 11) is 1.48. The lowest BCUT2D eigenvalue weighted by molar-refractivity contribution is -0.120. The Kier molecular flexibility index (Phi) is 7.18. The van der Waals surface area contributed by atoms with Gasteiger partial charge in [-0.05, 0) is 48.4 Å². The van der Waals surface area contributed by atoms with E-state index >= 15 is 0 Å². The molecule has 0 atom stereocenters. The molecule has 0 unspecified atom stereocenters. The Hall–Kier alpha value is -3.55. The lowest BCUT2D eigenvalue weighted by Crippen LogP contribution is -2.25. The molecule has 0 aliphatic heterocycles. The van der Waals surface area contributed by atoms with Crippen LogP contribution in [0, 0.1) is 6.92 Å². The third-order valence-corrected chi connectivity index (χ3v) is 3.43. The highest BCUT2D eigenvalue weighted by Crippen LogP contribution is 2.27. The summed E-state index contributed by atoms with van der Waals surface area (Å²) < 4.78 is 10.5. The van der Waals surface area contributed by atoms with E-state index in [1.807, 2.05) is 31.2 Å². The molecule has 0 aliphatic rings. The summed E-state index contributed by atoms with van der Waals surface area (Å²) in [6.07, 6.45) is 1.48. The van der Waals surface area contributed by atoms with E-state index in [4.69, 9.17) is 15.2 Å². The van der Waals surface area contributed by atoms with Crippen molar-refractivity contribution < 1.29 is 19.1 Å². The van der Waals surface area contributed by atoms with Crippen molar-refractivity contribution in [1.82, 2.24) is 5.43 Å². The molecule has 0 aromatic heterocycles. The van der Waals surface area contributed by atoms with E-state index in [0.29, 0.717) is 17.1 Å². The number of hydrazone groups is 1. The van der Waals surface area contributed by atoms with Crippen molar-refractivity contribution in [2.75, 3.05) is 25.6 Å². The third-order valence-electron chi connectivity index (χ3n) is 3.43. The fourth-order valence-corrected chi connectivity index (χ4v) is 2.19. The number of nitrogens with one attached hydrogen (secondary N) is 2. The highest BCUT2D eigenvalue weighted by Gasteiger charge is 2.06. The van der Waals surface area contributed by atoms with Crippen LogP contribution in [0.1, 0.15) is 11.1 Å². The van der Waals surface area contributed by atoms with Gasteiger partial charge in [-0.15, -0.1) is 0 Å². The maximum atomic E-state index is 11.8. The Bertz CT molecular complexity index is 836. The first-order valence-corrected chi connectivity index (χ1v) is 8.19. The molecule has 2 amide bonds. The van der Waals surface area contributed by atoms with E-state index in [-0.39, 0.29) is 19.1 Å². The fourth-order valence-electron chi connectivity index (χ4n) is 2.19. The maximum Gasteiger partial charge on any atom is 0.259 e. The zero-order chi connectivity index (χ0) is 19.6. The molecule has 0 bridgehead atoms. The molecule has 2 aromatic rings. The predicted molar refractivity (Wildman–Crippen MR) is 103 cm³/mol. The molecule has 8 heteroatoms. The average molecular weight is 370 g/mol. The molecule has 2 rings (SSSR count). The van der Waals surface area contributed by atoms with Gasteiger partial charge >= 0.3 is 0 Å². The number of benzene rings is 2. The summed E-state index contributed by atoms with van der Waals surface area (Å²) in [6, 6.07) is 12.7. The Morgan fingerprint density at radius 2 is 2.00 bits per heavy atom. The van der Waals surface area contributed by atoms with E-state index in [2.05, 4.69) is 15.8 Å². The SMILES string of the molecule is COc1cc(/C=N\NC(=O)CNc2cccc(C)c2)ccc1OCC(N)=O. The molecule has 2 aromatic carbocycles. The van der Waals surface area contributed by atoms with Crippen molar-refractivity contribution in [3.05, 3.63) is 53.6 Å². The second-order valence-corrected chi connectivity index (χ2v) is 5.68. The van der Waals surface area contributed by atoms with E-state index in [1.165, 1.54) is 13.3 Å². The van der Waals surface area contributed by atoms with Gasteiger partial charge in [-0.25, -0.2) is 5.43 Å². The third kappa shape index (κ3) is 6.69. The number of aryl methyl sites for hydroxylation is 1. The zero-order valence-electron chi connectivity index (χ0n) is 15.2. The van der Waals surface area contributed by atoms with E-state index < -0.39 is 5.91 Å². The zero-order valence-corrected chi connectivity index (χ0v) is 15.2. The number of hydrogen-bond acceptors (Lipinski definition) is 6. The highest BCUT2D eigenvalue weighted by molar-refractivity contribution is 5.85. The van der Waals surface area contributed by atoms with Crippen LogP contribution in [0.15, 0.2) is 47.6 Å². The smallest absolute Gasteiger partial charge is 0.259 e. The van der Waals surface area contributed by atoms with Crippen LogP contribution in [0.5, 0.6) is 11.5 Å². The summed E-state index contributed by atoms with van der Waals surface area (Å²) in [5.41, 5.74) is 10.2. The normalized spacial score (nSPS) is 10.4. The first-order valence-electron chi connectivity index (χ1n) is 8.19. The molecule has 8 nitrogen and oxygen atoms in total. The number of carbonyl (C=O) groups is 2. The van der Waals surface area contributed by atoms with Crippen LogP contribution >= 0.6 is 0 Å². The average Bonchev–Trinajstić information content (AvgIpc) is 2.65. The predicted octanol–water partition coefficient (Wildman–Crippen LogP) is 1.43. The van der Waals surface area contributed by atoms with Crippen LogP contribution in [0.4, 0.5) is 5.69 Å². The van der Waals surface area contributed by atoms with Crippen molar-refractivity contribution in [2.45, 2.75) is 6.92 Å². The number of primary amides is 1. The standard InChI is InChI=1S/C19H22N4O4/c1-13-4-3-5-15(8-13)21-11-19(25)23-22-10-14-6-7-16(17(9-14)26-2)27-12-18(20)24/h3-10,21H,11-12H2,1-2H3,(H2,20,24)(H,23,25)/b22-10-. The van der Waals surface area contributed by atoms with Crippen molar-refractivity contribution in [3.63, 3.8) is 0 Å². The number of carbonyl (C=O) groups excluding carboxylic acids is 2. The Balaban J connectivity index is 1.87. The number of anilines is 1. The topological polar surface area (TPSA) is 115 Å². The van der Waals surface area contributed by atoms with Gasteiger partial charge in [0, 0.05) is 5.69 Å². The minimum Gasteiger partial charge on any atom is -0.493 e. The summed E-state index contributed by atoms with van der Waals surface area (Å²) in [5.74, 6) is -0.0432. The van der Waals surface area contributed by atoms with Gasteiger partial charge in [0.15, 0.2) is 18.1 Å². The van der Waals surface area contributed by atoms with Crippen LogP contribution < -0.4 is 25.9 Å². The van der Waals surface area contributed by atoms with Gasteiger partial charge in [0.05, 0.1) is 19.9 Å². The first-order chi connectivity index (χ1) is 13.0. The fraction of sp³-hybridized carbons (Fsp3) is 0.211. The molecule has 0 radical (unpaired) electrons. The number of nitrogens with two attached hydrogens (primary N) is 1. The minimum atomic E-state index is -0.579. The summed E-state index contributed by atoms with van der Waals surface area (Å²) in [4.78, 5) is 22.6. The molecular weight excluding hydrogens is 348 g/mol. The Morgan fingerprint density at radius 1 is 1.19 bits per heavy atom. The molecule has 0 heterocycles. The van der Waals surface area contributed by atoms with Gasteiger partial charge in [-0.3, -0.25) is 9.59 Å². The molecule has 0 spiro atoms. The van der Waals surface area contributed by atoms with Gasteiger partial charge in [-0.2, -0.15) is 5.10 Å². The first kappa shape index (κ1) is 19.8. The molecule has 0 aliphatic carbocycles. The van der Waals surface area contributed by atoms with Gasteiger partial charge in [0.2, 0.25) is 0 Å². The monoisotopic (exact) mass is 370 g/mol. The van der Waals surface area contributed by atoms with Crippen molar-refractivity contribution in [2.24, 2.45) is 10.8 Å². The quantitative estimate of drug-likeness (QED) is 0.456. The molecule has 0 fully saturated rings. The second kappa shape index (κ2) is 9.81. The lowest BCUT2D eigenvalue weighted by atomic mass is 10.2. The van der Waals surface area contributed by atoms with Gasteiger partial charge in [0.25, 0.3) is 11.8 Å². The van der Waals surface area contributed by atoms with Gasteiger partial charge < -0.3 is 20.5 Å². The largest absolute Gasteiger partial charge is 0.493 e. The second-order valence-electron chi connectivity index (χ2n) is 5.68. The number of amides is 2. The molecular formula is C19H22N4O4. The number of hydrogen-bond donors (Lipinski definition) is 3. The van der Waals surface area contributed by atoms with Crippen molar-refractivity contribution >= 4 is 23.7 Å². The van der Waals surface area contributed by atoms with E-state index in [9.17, 15) is 9.59 Å². The van der Waals surface area contributed by atoms with E-state index in [1.54, 1.807) is 18.2 Å². The van der Waals surface area contributed by atoms with Crippen LogP contribution in [-0.2, 0) is 9.59 Å². The highest BCUT2D eigenvalue weighted by atomic mass is 16.5. The number of methoxy groups -OCH3 is 1. The minimum absolute atomic E-state index is 0.101. The van der Waals surface area contributed by atoms with Crippen LogP contribution in [0.2, 0.25) is 0 Å². The van der Waals surface area contributed by atoms with Crippen molar-refractivity contribution in [1.29, 1.82) is 0 Å². The summed E-state index contributed by atoms with van der Waals surface area (Å²) in [5, 5.41) is 6.94.